The molecule has 20 heavy (non-hydrogen) atoms. The summed E-state index contributed by atoms with van der Waals surface area (Å²) in [6, 6.07) is 3.50. The molecule has 1 aliphatic rings. The first-order chi connectivity index (χ1) is 9.63. The zero-order valence-electron chi connectivity index (χ0n) is 11.9. The van der Waals surface area contributed by atoms with Gasteiger partial charge in [-0.25, -0.2) is 18.1 Å². The van der Waals surface area contributed by atoms with Crippen LogP contribution in [0.4, 0.5) is 5.69 Å². The fourth-order valence-electron chi connectivity index (χ4n) is 2.51. The van der Waals surface area contributed by atoms with E-state index in [1.807, 2.05) is 6.92 Å². The van der Waals surface area contributed by atoms with Gasteiger partial charge in [-0.2, -0.15) is 0 Å². The number of pyridine rings is 1. The van der Waals surface area contributed by atoms with Crippen molar-refractivity contribution in [1.29, 1.82) is 0 Å². The van der Waals surface area contributed by atoms with Gasteiger partial charge in [-0.3, -0.25) is 0 Å². The Morgan fingerprint density at radius 3 is 2.80 bits per heavy atom. The third-order valence-corrected chi connectivity index (χ3v) is 5.01. The van der Waals surface area contributed by atoms with Gasteiger partial charge in [-0.05, 0) is 37.3 Å². The van der Waals surface area contributed by atoms with Crippen LogP contribution in [0.3, 0.4) is 0 Å². The van der Waals surface area contributed by atoms with Crippen molar-refractivity contribution in [2.75, 3.05) is 18.4 Å². The maximum atomic E-state index is 12.4. The second-order valence-corrected chi connectivity index (χ2v) is 6.97. The van der Waals surface area contributed by atoms with E-state index in [9.17, 15) is 8.42 Å². The summed E-state index contributed by atoms with van der Waals surface area (Å²) in [5.41, 5.74) is 0.577. The first-order valence-corrected chi connectivity index (χ1v) is 8.80. The van der Waals surface area contributed by atoms with Gasteiger partial charge in [0.25, 0.3) is 10.0 Å². The molecule has 1 aromatic rings. The van der Waals surface area contributed by atoms with Crippen molar-refractivity contribution >= 4 is 15.7 Å². The molecule has 0 spiro atoms. The van der Waals surface area contributed by atoms with Gasteiger partial charge in [0.2, 0.25) is 0 Å². The van der Waals surface area contributed by atoms with Gasteiger partial charge in [0.1, 0.15) is 0 Å². The minimum atomic E-state index is -3.53. The molecule has 2 rings (SSSR count). The number of sulfonamides is 1. The van der Waals surface area contributed by atoms with Crippen LogP contribution in [0.1, 0.15) is 39.0 Å². The molecule has 0 amide bonds. The molecule has 1 heterocycles. The van der Waals surface area contributed by atoms with Crippen LogP contribution in [0.25, 0.3) is 0 Å². The molecule has 0 aromatic carbocycles. The van der Waals surface area contributed by atoms with Crippen molar-refractivity contribution in [3.63, 3.8) is 0 Å². The maximum absolute atomic E-state index is 12.4. The van der Waals surface area contributed by atoms with Crippen LogP contribution in [0.15, 0.2) is 23.4 Å². The summed E-state index contributed by atoms with van der Waals surface area (Å²) >= 11 is 0. The van der Waals surface area contributed by atoms with Crippen LogP contribution < -0.4 is 10.0 Å². The van der Waals surface area contributed by atoms with E-state index < -0.39 is 10.0 Å². The topological polar surface area (TPSA) is 71.1 Å². The molecule has 0 radical (unpaired) electrons. The lowest BCUT2D eigenvalue weighted by atomic mass is 10.1. The molecule has 1 aliphatic carbocycles. The average Bonchev–Trinajstić information content (AvgIpc) is 2.97. The van der Waals surface area contributed by atoms with Gasteiger partial charge < -0.3 is 5.32 Å². The first kappa shape index (κ1) is 15.3. The van der Waals surface area contributed by atoms with Crippen molar-refractivity contribution in [3.05, 3.63) is 18.3 Å². The highest BCUT2D eigenvalue weighted by Crippen LogP contribution is 2.25. The minimum absolute atomic E-state index is 0.103. The number of aromatic nitrogens is 1. The van der Waals surface area contributed by atoms with Gasteiger partial charge in [-0.1, -0.05) is 19.8 Å². The van der Waals surface area contributed by atoms with Crippen molar-refractivity contribution in [1.82, 2.24) is 9.71 Å². The van der Waals surface area contributed by atoms with Crippen LogP contribution in [0.5, 0.6) is 0 Å². The molecule has 112 valence electrons. The summed E-state index contributed by atoms with van der Waals surface area (Å²) in [6.07, 6.45) is 7.10. The summed E-state index contributed by atoms with van der Waals surface area (Å²) in [7, 11) is -3.53. The molecule has 1 aromatic heterocycles. The van der Waals surface area contributed by atoms with Crippen molar-refractivity contribution in [2.45, 2.75) is 44.1 Å². The zero-order valence-corrected chi connectivity index (χ0v) is 12.7. The first-order valence-electron chi connectivity index (χ1n) is 7.32. The molecule has 0 atom stereocenters. The zero-order chi connectivity index (χ0) is 14.4. The smallest absolute Gasteiger partial charge is 0.260 e. The Hall–Kier alpha value is -1.14. The molecular weight excluding hydrogens is 274 g/mol. The highest BCUT2D eigenvalue weighted by atomic mass is 32.2. The van der Waals surface area contributed by atoms with Gasteiger partial charge in [0.15, 0.2) is 5.03 Å². The van der Waals surface area contributed by atoms with Crippen LogP contribution in [0.2, 0.25) is 0 Å². The fraction of sp³-hybridized carbons (Fsp3) is 0.643. The molecule has 2 N–H and O–H groups in total. The third-order valence-electron chi connectivity index (χ3n) is 3.63. The maximum Gasteiger partial charge on any atom is 0.260 e. The summed E-state index contributed by atoms with van der Waals surface area (Å²) in [5, 5.41) is 3.22. The molecule has 1 saturated carbocycles. The van der Waals surface area contributed by atoms with E-state index in [4.69, 9.17) is 0 Å². The van der Waals surface area contributed by atoms with Crippen molar-refractivity contribution in [3.8, 4) is 0 Å². The second-order valence-electron chi connectivity index (χ2n) is 5.29. The van der Waals surface area contributed by atoms with E-state index in [1.54, 1.807) is 12.1 Å². The van der Waals surface area contributed by atoms with Crippen LogP contribution in [-0.4, -0.2) is 26.5 Å². The highest BCUT2D eigenvalue weighted by Gasteiger charge is 2.22. The normalized spacial score (nSPS) is 16.4. The molecule has 6 heteroatoms. The van der Waals surface area contributed by atoms with E-state index in [-0.39, 0.29) is 5.03 Å². The molecule has 0 bridgehead atoms. The van der Waals surface area contributed by atoms with E-state index >= 15 is 0 Å². The molecule has 0 unspecified atom stereocenters. The lowest BCUT2D eigenvalue weighted by Crippen LogP contribution is -2.29. The Morgan fingerprint density at radius 2 is 2.10 bits per heavy atom. The molecular formula is C14H23N3O2S. The van der Waals surface area contributed by atoms with Gasteiger partial charge in [-0.15, -0.1) is 0 Å². The highest BCUT2D eigenvalue weighted by molar-refractivity contribution is 7.89. The quantitative estimate of drug-likeness (QED) is 0.810. The molecule has 1 fully saturated rings. The van der Waals surface area contributed by atoms with E-state index in [0.29, 0.717) is 18.2 Å². The molecule has 5 nitrogen and oxygen atoms in total. The Morgan fingerprint density at radius 1 is 1.35 bits per heavy atom. The van der Waals surface area contributed by atoms with Crippen molar-refractivity contribution < 1.29 is 8.42 Å². The van der Waals surface area contributed by atoms with Crippen LogP contribution in [0, 0.1) is 5.92 Å². The molecule has 0 saturated heterocycles. The SMILES string of the molecule is CCCNc1cccnc1S(=O)(=O)NCC1CCCC1. The lowest BCUT2D eigenvalue weighted by Gasteiger charge is -2.13. The van der Waals surface area contributed by atoms with E-state index in [2.05, 4.69) is 15.0 Å². The standard InChI is InChI=1S/C14H23N3O2S/c1-2-9-15-13-8-5-10-16-14(13)20(18,19)17-11-12-6-3-4-7-12/h5,8,10,12,15,17H,2-4,6-7,9,11H2,1H3. The Balaban J connectivity index is 2.07. The number of nitrogens with zero attached hydrogens (tertiary/aromatic N) is 1. The Kier molecular flexibility index (Phi) is 5.37. The predicted molar refractivity (Wildman–Crippen MR) is 80.2 cm³/mol. The van der Waals surface area contributed by atoms with Crippen LogP contribution >= 0.6 is 0 Å². The summed E-state index contributed by atoms with van der Waals surface area (Å²) < 4.78 is 27.4. The second kappa shape index (κ2) is 7.04. The number of anilines is 1. The van der Waals surface area contributed by atoms with Gasteiger partial charge in [0, 0.05) is 19.3 Å². The van der Waals surface area contributed by atoms with Gasteiger partial charge in [0.05, 0.1) is 5.69 Å². The van der Waals surface area contributed by atoms with E-state index in [1.165, 1.54) is 19.0 Å². The lowest BCUT2D eigenvalue weighted by molar-refractivity contribution is 0.518. The largest absolute Gasteiger partial charge is 0.383 e. The summed E-state index contributed by atoms with van der Waals surface area (Å²) in [5.74, 6) is 0.473. The van der Waals surface area contributed by atoms with Gasteiger partial charge >= 0.3 is 0 Å². The predicted octanol–water partition coefficient (Wildman–Crippen LogP) is 2.37. The number of nitrogens with one attached hydrogen (secondary N) is 2. The Bertz CT molecular complexity index is 525. The number of hydrogen-bond donors (Lipinski definition) is 2. The Labute approximate surface area is 121 Å². The number of hydrogen-bond acceptors (Lipinski definition) is 4. The van der Waals surface area contributed by atoms with Crippen LogP contribution in [-0.2, 0) is 10.0 Å². The average molecular weight is 297 g/mol. The van der Waals surface area contributed by atoms with E-state index in [0.717, 1.165) is 25.8 Å². The third kappa shape index (κ3) is 3.93. The summed E-state index contributed by atoms with van der Waals surface area (Å²) in [6.45, 7) is 3.29. The fourth-order valence-corrected chi connectivity index (χ4v) is 3.73. The monoisotopic (exact) mass is 297 g/mol. The summed E-state index contributed by atoms with van der Waals surface area (Å²) in [4.78, 5) is 4.04. The number of rotatable bonds is 7. The minimum Gasteiger partial charge on any atom is -0.383 e. The van der Waals surface area contributed by atoms with Crippen molar-refractivity contribution in [2.24, 2.45) is 5.92 Å². The molecule has 0 aliphatic heterocycles.